The molecule has 0 N–H and O–H groups in total. The molecule has 5 rings (SSSR count). The third-order valence-electron chi connectivity index (χ3n) is 5.85. The van der Waals surface area contributed by atoms with Gasteiger partial charge in [-0.25, -0.2) is 4.79 Å². The Morgan fingerprint density at radius 2 is 1.68 bits per heavy atom. The molecule has 4 nitrogen and oxygen atoms in total. The van der Waals surface area contributed by atoms with Crippen molar-refractivity contribution in [1.82, 2.24) is 4.90 Å². The summed E-state index contributed by atoms with van der Waals surface area (Å²) in [5, 5.41) is 0. The zero-order valence-corrected chi connectivity index (χ0v) is 16.1. The van der Waals surface area contributed by atoms with E-state index in [1.807, 2.05) is 43.3 Å². The van der Waals surface area contributed by atoms with Crippen LogP contribution in [0.3, 0.4) is 0 Å². The fraction of sp³-hybridized carbons (Fsp3) is 0.333. The molecule has 4 heteroatoms. The van der Waals surface area contributed by atoms with Crippen LogP contribution in [0.4, 0.5) is 4.79 Å². The third kappa shape index (κ3) is 3.59. The standard InChI is InChI=1S/C24H25NO3/c1-2-23(26)21-15-20(17-9-5-3-6-10-17)18-13-14-22(21)25(16-18)24(27)28-19-11-7-4-8-12-19/h3-12,15,18,20,22H,2,13-14,16H2,1H3/t18?,20-,22?/m1/s1. The SMILES string of the molecule is CCC(=O)C1=C[C@H](c2ccccc2)C2CCC1N(C(=O)Oc1ccccc1)C2. The maximum absolute atomic E-state index is 13.0. The highest BCUT2D eigenvalue weighted by Crippen LogP contribution is 2.42. The predicted octanol–water partition coefficient (Wildman–Crippen LogP) is 4.97. The molecule has 2 unspecified atom stereocenters. The van der Waals surface area contributed by atoms with Crippen LogP contribution in [0.25, 0.3) is 0 Å². The van der Waals surface area contributed by atoms with Gasteiger partial charge < -0.3 is 9.64 Å². The fourth-order valence-electron chi connectivity index (χ4n) is 4.43. The van der Waals surface area contributed by atoms with Crippen LogP contribution in [0.15, 0.2) is 72.3 Å². The van der Waals surface area contributed by atoms with Crippen molar-refractivity contribution in [2.24, 2.45) is 5.92 Å². The van der Waals surface area contributed by atoms with Gasteiger partial charge in [0.25, 0.3) is 0 Å². The fourth-order valence-corrected chi connectivity index (χ4v) is 4.43. The Labute approximate surface area is 165 Å². The lowest BCUT2D eigenvalue weighted by Crippen LogP contribution is -2.49. The average molecular weight is 375 g/mol. The van der Waals surface area contributed by atoms with E-state index < -0.39 is 0 Å². The highest BCUT2D eigenvalue weighted by molar-refractivity contribution is 5.97. The first-order valence-electron chi connectivity index (χ1n) is 10.0. The largest absolute Gasteiger partial charge is 0.415 e. The quantitative estimate of drug-likeness (QED) is 0.758. The van der Waals surface area contributed by atoms with Crippen molar-refractivity contribution >= 4 is 11.9 Å². The van der Waals surface area contributed by atoms with Crippen molar-refractivity contribution < 1.29 is 14.3 Å². The summed E-state index contributed by atoms with van der Waals surface area (Å²) in [6, 6.07) is 19.2. The summed E-state index contributed by atoms with van der Waals surface area (Å²) >= 11 is 0. The Balaban J connectivity index is 1.66. The smallest absolute Gasteiger partial charge is 0.410 e. The average Bonchev–Trinajstić information content (AvgIpc) is 3.03. The molecule has 28 heavy (non-hydrogen) atoms. The van der Waals surface area contributed by atoms with Crippen LogP contribution in [0, 0.1) is 5.92 Å². The molecule has 0 radical (unpaired) electrons. The van der Waals surface area contributed by atoms with Gasteiger partial charge in [-0.05, 0) is 36.5 Å². The first-order valence-corrected chi connectivity index (χ1v) is 10.0. The summed E-state index contributed by atoms with van der Waals surface area (Å²) in [5.41, 5.74) is 1.97. The number of ketones is 1. The van der Waals surface area contributed by atoms with Crippen LogP contribution in [0.5, 0.6) is 5.75 Å². The minimum absolute atomic E-state index is 0.117. The summed E-state index contributed by atoms with van der Waals surface area (Å²) < 4.78 is 5.61. The lowest BCUT2D eigenvalue weighted by molar-refractivity contribution is -0.115. The molecule has 2 aliphatic heterocycles. The zero-order chi connectivity index (χ0) is 19.5. The van der Waals surface area contributed by atoms with Gasteiger partial charge in [-0.3, -0.25) is 4.79 Å². The Morgan fingerprint density at radius 1 is 1.00 bits per heavy atom. The summed E-state index contributed by atoms with van der Waals surface area (Å²) in [4.78, 5) is 27.5. The number of rotatable bonds is 4. The number of allylic oxidation sites excluding steroid dienone is 1. The molecule has 144 valence electrons. The second kappa shape index (κ2) is 8.01. The number of fused-ring (bicyclic) bond motifs is 3. The van der Waals surface area contributed by atoms with E-state index in [9.17, 15) is 9.59 Å². The van der Waals surface area contributed by atoms with Crippen LogP contribution in [-0.2, 0) is 4.79 Å². The van der Waals surface area contributed by atoms with Crippen LogP contribution < -0.4 is 4.74 Å². The van der Waals surface area contributed by atoms with Crippen molar-refractivity contribution in [3.63, 3.8) is 0 Å². The molecule has 2 bridgehead atoms. The molecule has 0 aromatic heterocycles. The van der Waals surface area contributed by atoms with Crippen molar-refractivity contribution in [2.75, 3.05) is 6.54 Å². The van der Waals surface area contributed by atoms with E-state index in [1.165, 1.54) is 5.56 Å². The van der Waals surface area contributed by atoms with E-state index >= 15 is 0 Å². The van der Waals surface area contributed by atoms with E-state index in [1.54, 1.807) is 17.0 Å². The highest BCUT2D eigenvalue weighted by Gasteiger charge is 2.42. The summed E-state index contributed by atoms with van der Waals surface area (Å²) in [7, 11) is 0. The van der Waals surface area contributed by atoms with Gasteiger partial charge in [0.05, 0.1) is 6.04 Å². The first kappa shape index (κ1) is 18.5. The lowest BCUT2D eigenvalue weighted by atomic mass is 9.82. The Morgan fingerprint density at radius 3 is 2.36 bits per heavy atom. The number of para-hydroxylation sites is 1. The monoisotopic (exact) mass is 375 g/mol. The van der Waals surface area contributed by atoms with Gasteiger partial charge in [-0.15, -0.1) is 0 Å². The number of ether oxygens (including phenoxy) is 1. The van der Waals surface area contributed by atoms with Crippen molar-refractivity contribution in [1.29, 1.82) is 0 Å². The van der Waals surface area contributed by atoms with E-state index in [2.05, 4.69) is 18.2 Å². The molecule has 0 spiro atoms. The lowest BCUT2D eigenvalue weighted by Gasteiger charge is -2.38. The van der Waals surface area contributed by atoms with E-state index in [-0.39, 0.29) is 29.8 Å². The molecule has 2 aromatic rings. The number of carbonyl (C=O) groups is 2. The van der Waals surface area contributed by atoms with Crippen LogP contribution >= 0.6 is 0 Å². The van der Waals surface area contributed by atoms with Crippen molar-refractivity contribution in [3.8, 4) is 5.75 Å². The second-order valence-corrected chi connectivity index (χ2v) is 7.52. The molecule has 2 heterocycles. The van der Waals surface area contributed by atoms with Crippen molar-refractivity contribution in [3.05, 3.63) is 77.9 Å². The molecule has 3 aliphatic rings. The summed E-state index contributed by atoms with van der Waals surface area (Å²) in [5.74, 6) is 1.07. The Kier molecular flexibility index (Phi) is 5.29. The first-order chi connectivity index (χ1) is 13.7. The molecule has 2 aromatic carbocycles. The number of amides is 1. The van der Waals surface area contributed by atoms with E-state index in [0.717, 1.165) is 18.4 Å². The number of Topliss-reactive ketones (excluding diaryl/α,β-unsaturated/α-hetero) is 1. The number of nitrogens with zero attached hydrogens (tertiary/aromatic N) is 1. The minimum Gasteiger partial charge on any atom is -0.410 e. The topological polar surface area (TPSA) is 46.6 Å². The summed E-state index contributed by atoms with van der Waals surface area (Å²) in [6.45, 7) is 2.48. The van der Waals surface area contributed by atoms with Gasteiger partial charge in [0.1, 0.15) is 5.75 Å². The van der Waals surface area contributed by atoms with E-state index in [0.29, 0.717) is 18.7 Å². The maximum Gasteiger partial charge on any atom is 0.415 e. The number of hydrogen-bond donors (Lipinski definition) is 0. The summed E-state index contributed by atoms with van der Waals surface area (Å²) in [6.07, 6.45) is 3.99. The number of hydrogen-bond acceptors (Lipinski definition) is 3. The number of benzene rings is 2. The molecular weight excluding hydrogens is 350 g/mol. The predicted molar refractivity (Wildman–Crippen MR) is 108 cm³/mol. The van der Waals surface area contributed by atoms with Gasteiger partial charge in [-0.1, -0.05) is 61.5 Å². The van der Waals surface area contributed by atoms with Crippen LogP contribution in [0.2, 0.25) is 0 Å². The van der Waals surface area contributed by atoms with Crippen LogP contribution in [0.1, 0.15) is 37.7 Å². The molecule has 1 saturated heterocycles. The number of piperidine rings is 1. The van der Waals surface area contributed by atoms with Gasteiger partial charge in [0.2, 0.25) is 0 Å². The van der Waals surface area contributed by atoms with E-state index in [4.69, 9.17) is 4.74 Å². The third-order valence-corrected chi connectivity index (χ3v) is 5.85. The maximum atomic E-state index is 13.0. The van der Waals surface area contributed by atoms with Gasteiger partial charge in [0.15, 0.2) is 5.78 Å². The minimum atomic E-state index is -0.371. The van der Waals surface area contributed by atoms with Gasteiger partial charge >= 0.3 is 6.09 Å². The second-order valence-electron chi connectivity index (χ2n) is 7.52. The Bertz CT molecular complexity index is 875. The normalized spacial score (nSPS) is 23.7. The molecular formula is C24H25NO3. The van der Waals surface area contributed by atoms with Crippen molar-refractivity contribution in [2.45, 2.75) is 38.1 Å². The van der Waals surface area contributed by atoms with Gasteiger partial charge in [0, 0.05) is 24.5 Å². The van der Waals surface area contributed by atoms with Gasteiger partial charge in [-0.2, -0.15) is 0 Å². The zero-order valence-electron chi connectivity index (χ0n) is 16.1. The molecule has 1 fully saturated rings. The molecule has 1 amide bonds. The molecule has 0 saturated carbocycles. The molecule has 1 aliphatic carbocycles. The highest BCUT2D eigenvalue weighted by atomic mass is 16.6. The number of carbonyl (C=O) groups excluding carboxylic acids is 2. The van der Waals surface area contributed by atoms with Crippen LogP contribution in [-0.4, -0.2) is 29.4 Å². The Hall–Kier alpha value is -2.88. The molecule has 3 atom stereocenters.